The third kappa shape index (κ3) is 3.00. The van der Waals surface area contributed by atoms with Crippen LogP contribution < -0.4 is 10.2 Å². The van der Waals surface area contributed by atoms with E-state index in [0.29, 0.717) is 35.5 Å². The van der Waals surface area contributed by atoms with Crippen LogP contribution in [-0.2, 0) is 28.7 Å². The predicted octanol–water partition coefficient (Wildman–Crippen LogP) is 1.63. The highest BCUT2D eigenvalue weighted by molar-refractivity contribution is 7.91. The number of aliphatic hydroxyl groups is 1. The molecule has 1 aromatic heterocycles. The van der Waals surface area contributed by atoms with E-state index in [9.17, 15) is 22.3 Å². The Morgan fingerprint density at radius 3 is 2.83 bits per heavy atom. The minimum Gasteiger partial charge on any atom is -0.389 e. The number of sulfone groups is 1. The predicted molar refractivity (Wildman–Crippen MR) is 106 cm³/mol. The summed E-state index contributed by atoms with van der Waals surface area (Å²) < 4.78 is 54.5. The van der Waals surface area contributed by atoms with E-state index in [2.05, 4.69) is 15.3 Å². The van der Waals surface area contributed by atoms with Crippen LogP contribution in [0.5, 0.6) is 0 Å². The molecule has 2 aromatic rings. The van der Waals surface area contributed by atoms with Crippen LogP contribution in [0.25, 0.3) is 11.3 Å². The molecule has 10 heteroatoms. The topological polar surface area (TPSA) is 95.4 Å². The van der Waals surface area contributed by atoms with Crippen molar-refractivity contribution in [3.05, 3.63) is 35.0 Å². The van der Waals surface area contributed by atoms with E-state index in [1.54, 1.807) is 30.0 Å². The molecule has 2 atom stereocenters. The van der Waals surface area contributed by atoms with Crippen LogP contribution in [-0.4, -0.2) is 54.5 Å². The van der Waals surface area contributed by atoms with E-state index in [-0.39, 0.29) is 47.7 Å². The standard InChI is InChI=1S/C20H22F2N4O3S/c1-11-15(27)10-26(11)19-24-17(14-4-5-20(21,22)18(14)25-19)12-2-3-13-9-23-6-7-30(28,29)16(13)8-12/h2-3,8,11,15,23,27H,4-7,9-10H2,1H3/t11-,15+/m0/s1. The summed E-state index contributed by atoms with van der Waals surface area (Å²) >= 11 is 0. The maximum atomic E-state index is 14.6. The lowest BCUT2D eigenvalue weighted by Gasteiger charge is -2.43. The first-order valence-electron chi connectivity index (χ1n) is 9.98. The lowest BCUT2D eigenvalue weighted by Crippen LogP contribution is -2.59. The Morgan fingerprint density at radius 1 is 1.30 bits per heavy atom. The fourth-order valence-corrected chi connectivity index (χ4v) is 5.79. The van der Waals surface area contributed by atoms with Crippen LogP contribution in [0.4, 0.5) is 14.7 Å². The fraction of sp³-hybridized carbons (Fsp3) is 0.500. The molecular weight excluding hydrogens is 414 g/mol. The number of hydrogen-bond acceptors (Lipinski definition) is 7. The number of aromatic nitrogens is 2. The summed E-state index contributed by atoms with van der Waals surface area (Å²) in [6.45, 7) is 2.85. The zero-order chi connectivity index (χ0) is 21.3. The molecule has 0 spiro atoms. The van der Waals surface area contributed by atoms with Gasteiger partial charge in [0.2, 0.25) is 5.95 Å². The number of anilines is 1. The number of nitrogens with zero attached hydrogens (tertiary/aromatic N) is 3. The van der Waals surface area contributed by atoms with Crippen LogP contribution >= 0.6 is 0 Å². The Labute approximate surface area is 173 Å². The second-order valence-electron chi connectivity index (χ2n) is 8.18. The molecule has 1 saturated heterocycles. The van der Waals surface area contributed by atoms with E-state index in [4.69, 9.17) is 0 Å². The largest absolute Gasteiger partial charge is 0.389 e. The van der Waals surface area contributed by atoms with Gasteiger partial charge in [0.25, 0.3) is 5.92 Å². The van der Waals surface area contributed by atoms with Crippen molar-refractivity contribution in [1.82, 2.24) is 15.3 Å². The molecule has 0 saturated carbocycles. The second kappa shape index (κ2) is 6.66. The number of rotatable bonds is 2. The van der Waals surface area contributed by atoms with Crippen molar-refractivity contribution in [3.8, 4) is 11.3 Å². The molecule has 0 unspecified atom stereocenters. The monoisotopic (exact) mass is 436 g/mol. The third-order valence-electron chi connectivity index (χ3n) is 6.26. The molecule has 1 aromatic carbocycles. The summed E-state index contributed by atoms with van der Waals surface area (Å²) in [6.07, 6.45) is -0.781. The van der Waals surface area contributed by atoms with Crippen LogP contribution in [0.1, 0.15) is 30.2 Å². The molecule has 5 rings (SSSR count). The van der Waals surface area contributed by atoms with Gasteiger partial charge in [0.1, 0.15) is 5.69 Å². The molecular formula is C20H22F2N4O3S. The average Bonchev–Trinajstić information content (AvgIpc) is 2.93. The maximum Gasteiger partial charge on any atom is 0.290 e. The van der Waals surface area contributed by atoms with Gasteiger partial charge in [0, 0.05) is 37.2 Å². The first-order chi connectivity index (χ1) is 14.2. The minimum absolute atomic E-state index is 0.0160. The highest BCUT2D eigenvalue weighted by Crippen LogP contribution is 2.45. The molecule has 1 fully saturated rings. The van der Waals surface area contributed by atoms with Crippen molar-refractivity contribution in [3.63, 3.8) is 0 Å². The van der Waals surface area contributed by atoms with Gasteiger partial charge in [-0.1, -0.05) is 12.1 Å². The molecule has 0 amide bonds. The van der Waals surface area contributed by atoms with Gasteiger partial charge in [-0.2, -0.15) is 8.78 Å². The van der Waals surface area contributed by atoms with Crippen molar-refractivity contribution < 1.29 is 22.3 Å². The summed E-state index contributed by atoms with van der Waals surface area (Å²) in [4.78, 5) is 10.6. The van der Waals surface area contributed by atoms with Gasteiger partial charge >= 0.3 is 0 Å². The summed E-state index contributed by atoms with van der Waals surface area (Å²) in [5.74, 6) is -2.93. The van der Waals surface area contributed by atoms with E-state index >= 15 is 0 Å². The number of benzene rings is 1. The zero-order valence-electron chi connectivity index (χ0n) is 16.4. The first kappa shape index (κ1) is 19.8. The summed E-state index contributed by atoms with van der Waals surface area (Å²) in [6, 6.07) is 4.73. The quantitative estimate of drug-likeness (QED) is 0.739. The Kier molecular flexibility index (Phi) is 4.39. The number of nitrogens with one attached hydrogen (secondary N) is 1. The van der Waals surface area contributed by atoms with E-state index in [1.807, 2.05) is 0 Å². The molecule has 30 heavy (non-hydrogen) atoms. The van der Waals surface area contributed by atoms with Crippen LogP contribution in [0.15, 0.2) is 23.1 Å². The van der Waals surface area contributed by atoms with Gasteiger partial charge in [0.15, 0.2) is 9.84 Å². The van der Waals surface area contributed by atoms with Crippen molar-refractivity contribution >= 4 is 15.8 Å². The van der Waals surface area contributed by atoms with Gasteiger partial charge in [0.05, 0.1) is 28.5 Å². The number of fused-ring (bicyclic) bond motifs is 2. The minimum atomic E-state index is -3.48. The number of aliphatic hydroxyl groups excluding tert-OH is 1. The SMILES string of the molecule is C[C@H]1[C@H](O)CN1c1nc(-c2ccc3c(c2)S(=O)(=O)CCNC3)c2c(n1)C(F)(F)CC2. The van der Waals surface area contributed by atoms with Crippen LogP contribution in [0.2, 0.25) is 0 Å². The molecule has 7 nitrogen and oxygen atoms in total. The zero-order valence-corrected chi connectivity index (χ0v) is 17.2. The summed E-state index contributed by atoms with van der Waals surface area (Å²) in [5.41, 5.74) is 1.56. The third-order valence-corrected chi connectivity index (χ3v) is 8.05. The van der Waals surface area contributed by atoms with E-state index in [1.165, 1.54) is 0 Å². The lowest BCUT2D eigenvalue weighted by atomic mass is 10.0. The number of hydrogen-bond donors (Lipinski definition) is 2. The highest BCUT2D eigenvalue weighted by Gasteiger charge is 2.45. The number of halogens is 2. The number of β-amino-alcohol motifs (C(OH)–C–C–N with tert-alkyl or cyclic N) is 1. The van der Waals surface area contributed by atoms with Crippen molar-refractivity contribution in [2.75, 3.05) is 23.7 Å². The van der Waals surface area contributed by atoms with Crippen LogP contribution in [0, 0.1) is 0 Å². The molecule has 0 bridgehead atoms. The molecule has 160 valence electrons. The summed E-state index contributed by atoms with van der Waals surface area (Å²) in [7, 11) is -3.48. The lowest BCUT2D eigenvalue weighted by molar-refractivity contribution is -0.00603. The van der Waals surface area contributed by atoms with Crippen molar-refractivity contribution in [2.24, 2.45) is 0 Å². The van der Waals surface area contributed by atoms with E-state index < -0.39 is 21.9 Å². The molecule has 3 heterocycles. The van der Waals surface area contributed by atoms with Gasteiger partial charge < -0.3 is 15.3 Å². The van der Waals surface area contributed by atoms with Gasteiger partial charge in [-0.05, 0) is 25.0 Å². The Morgan fingerprint density at radius 2 is 2.10 bits per heavy atom. The molecule has 1 aliphatic carbocycles. The average molecular weight is 436 g/mol. The van der Waals surface area contributed by atoms with Gasteiger partial charge in [-0.25, -0.2) is 18.4 Å². The van der Waals surface area contributed by atoms with E-state index in [0.717, 1.165) is 0 Å². The Balaban J connectivity index is 1.68. The molecule has 3 aliphatic rings. The Hall–Kier alpha value is -2.17. The molecule has 0 radical (unpaired) electrons. The maximum absolute atomic E-state index is 14.6. The van der Waals surface area contributed by atoms with Gasteiger partial charge in [-0.3, -0.25) is 0 Å². The number of alkyl halides is 2. The second-order valence-corrected chi connectivity index (χ2v) is 10.3. The molecule has 2 aliphatic heterocycles. The van der Waals surface area contributed by atoms with Crippen molar-refractivity contribution in [1.29, 1.82) is 0 Å². The normalized spacial score (nSPS) is 26.5. The first-order valence-corrected chi connectivity index (χ1v) is 11.6. The smallest absolute Gasteiger partial charge is 0.290 e. The van der Waals surface area contributed by atoms with Gasteiger partial charge in [-0.15, -0.1) is 0 Å². The van der Waals surface area contributed by atoms with Crippen LogP contribution in [0.3, 0.4) is 0 Å². The van der Waals surface area contributed by atoms with Crippen molar-refractivity contribution in [2.45, 2.75) is 49.3 Å². The molecule has 2 N–H and O–H groups in total. The Bertz CT molecular complexity index is 1140. The fourth-order valence-electron chi connectivity index (χ4n) is 4.31. The summed E-state index contributed by atoms with van der Waals surface area (Å²) in [5, 5.41) is 12.9. The highest BCUT2D eigenvalue weighted by atomic mass is 32.2.